The van der Waals surface area contributed by atoms with Gasteiger partial charge in [-0.25, -0.2) is 0 Å². The first-order valence-corrected chi connectivity index (χ1v) is 7.01. The molecule has 0 amide bonds. The molecule has 1 aliphatic carbocycles. The molecule has 17 heavy (non-hydrogen) atoms. The molecule has 4 heteroatoms. The maximum atomic E-state index is 11.1. The molecule has 0 spiro atoms. The highest BCUT2D eigenvalue weighted by Gasteiger charge is 2.28. The molecule has 0 aromatic carbocycles. The summed E-state index contributed by atoms with van der Waals surface area (Å²) in [5, 5.41) is 2.12. The van der Waals surface area contributed by atoms with E-state index in [9.17, 15) is 4.79 Å². The normalized spacial score (nSPS) is 15.2. The van der Waals surface area contributed by atoms with Crippen LogP contribution in [0, 0.1) is 0 Å². The number of hydrogen-bond acceptors (Lipinski definition) is 4. The van der Waals surface area contributed by atoms with Crippen molar-refractivity contribution in [1.82, 2.24) is 4.90 Å². The Morgan fingerprint density at radius 3 is 3.00 bits per heavy atom. The number of ether oxygens (including phenoxy) is 1. The third kappa shape index (κ3) is 4.13. The van der Waals surface area contributed by atoms with Gasteiger partial charge in [0.2, 0.25) is 0 Å². The zero-order valence-electron chi connectivity index (χ0n) is 10.2. The van der Waals surface area contributed by atoms with E-state index in [4.69, 9.17) is 0 Å². The molecule has 0 aliphatic heterocycles. The third-order valence-corrected chi connectivity index (χ3v) is 3.92. The summed E-state index contributed by atoms with van der Waals surface area (Å²) in [5.74, 6) is -0.100. The maximum Gasteiger partial charge on any atom is 0.305 e. The van der Waals surface area contributed by atoms with Gasteiger partial charge in [0.05, 0.1) is 7.11 Å². The fourth-order valence-corrected chi connectivity index (χ4v) is 2.69. The van der Waals surface area contributed by atoms with Crippen molar-refractivity contribution in [1.29, 1.82) is 0 Å². The molecular weight excluding hydrogens is 234 g/mol. The van der Waals surface area contributed by atoms with Gasteiger partial charge in [-0.2, -0.15) is 0 Å². The van der Waals surface area contributed by atoms with Crippen LogP contribution in [0.4, 0.5) is 0 Å². The van der Waals surface area contributed by atoms with Crippen LogP contribution >= 0.6 is 11.3 Å². The Morgan fingerprint density at radius 1 is 1.59 bits per heavy atom. The summed E-state index contributed by atoms with van der Waals surface area (Å²) in [6, 6.07) is 5.02. The van der Waals surface area contributed by atoms with Crippen LogP contribution in [0.25, 0.3) is 0 Å². The van der Waals surface area contributed by atoms with Crippen LogP contribution in [-0.2, 0) is 16.1 Å². The van der Waals surface area contributed by atoms with Gasteiger partial charge in [0, 0.05) is 23.9 Å². The van der Waals surface area contributed by atoms with Crippen molar-refractivity contribution in [3.05, 3.63) is 22.4 Å². The van der Waals surface area contributed by atoms with Gasteiger partial charge in [0.25, 0.3) is 0 Å². The molecule has 0 N–H and O–H groups in total. The Labute approximate surface area is 106 Å². The Balaban J connectivity index is 1.75. The lowest BCUT2D eigenvalue weighted by Gasteiger charge is -2.20. The lowest BCUT2D eigenvalue weighted by Crippen LogP contribution is -2.26. The van der Waals surface area contributed by atoms with Gasteiger partial charge in [-0.05, 0) is 37.3 Å². The first kappa shape index (κ1) is 12.6. The van der Waals surface area contributed by atoms with Crippen molar-refractivity contribution >= 4 is 17.3 Å². The fourth-order valence-electron chi connectivity index (χ4n) is 1.96. The number of carbonyl (C=O) groups is 1. The molecule has 2 rings (SSSR count). The number of methoxy groups -OCH3 is 1. The standard InChI is InChI=1S/C13H19NO2S/c1-16-13(15)5-2-8-14(11-6-7-11)10-12-4-3-9-17-12/h3-4,9,11H,2,5-8,10H2,1H3. The van der Waals surface area contributed by atoms with E-state index < -0.39 is 0 Å². The average Bonchev–Trinajstić information content (AvgIpc) is 3.06. The fraction of sp³-hybridized carbons (Fsp3) is 0.615. The monoisotopic (exact) mass is 253 g/mol. The van der Waals surface area contributed by atoms with Crippen LogP contribution in [0.15, 0.2) is 17.5 Å². The lowest BCUT2D eigenvalue weighted by atomic mass is 10.2. The summed E-state index contributed by atoms with van der Waals surface area (Å²) >= 11 is 1.81. The zero-order valence-corrected chi connectivity index (χ0v) is 11.0. The van der Waals surface area contributed by atoms with E-state index in [1.807, 2.05) is 11.3 Å². The van der Waals surface area contributed by atoms with Crippen LogP contribution in [0.3, 0.4) is 0 Å². The first-order valence-electron chi connectivity index (χ1n) is 6.13. The number of carbonyl (C=O) groups excluding carboxylic acids is 1. The minimum Gasteiger partial charge on any atom is -0.469 e. The molecular formula is C13H19NO2S. The summed E-state index contributed by atoms with van der Waals surface area (Å²) in [4.78, 5) is 15.0. The molecule has 0 radical (unpaired) electrons. The molecule has 3 nitrogen and oxygen atoms in total. The minimum atomic E-state index is -0.100. The van der Waals surface area contributed by atoms with E-state index >= 15 is 0 Å². The van der Waals surface area contributed by atoms with Gasteiger partial charge in [0.1, 0.15) is 0 Å². The van der Waals surface area contributed by atoms with E-state index in [1.54, 1.807) is 0 Å². The largest absolute Gasteiger partial charge is 0.469 e. The molecule has 1 heterocycles. The highest BCUT2D eigenvalue weighted by molar-refractivity contribution is 7.09. The molecule has 1 aromatic heterocycles. The van der Waals surface area contributed by atoms with Crippen LogP contribution < -0.4 is 0 Å². The van der Waals surface area contributed by atoms with Gasteiger partial charge >= 0.3 is 5.97 Å². The lowest BCUT2D eigenvalue weighted by molar-refractivity contribution is -0.140. The van der Waals surface area contributed by atoms with Crippen LogP contribution in [-0.4, -0.2) is 30.6 Å². The van der Waals surface area contributed by atoms with E-state index in [1.165, 1.54) is 24.8 Å². The third-order valence-electron chi connectivity index (χ3n) is 3.06. The van der Waals surface area contributed by atoms with Crippen molar-refractivity contribution in [2.75, 3.05) is 13.7 Å². The number of nitrogens with zero attached hydrogens (tertiary/aromatic N) is 1. The maximum absolute atomic E-state index is 11.1. The van der Waals surface area contributed by atoms with E-state index in [0.717, 1.165) is 25.6 Å². The summed E-state index contributed by atoms with van der Waals surface area (Å²) < 4.78 is 4.66. The molecule has 0 saturated heterocycles. The van der Waals surface area contributed by atoms with E-state index in [-0.39, 0.29) is 5.97 Å². The van der Waals surface area contributed by atoms with Crippen LogP contribution in [0.1, 0.15) is 30.6 Å². The second-order valence-corrected chi connectivity index (χ2v) is 5.49. The smallest absolute Gasteiger partial charge is 0.305 e. The number of hydrogen-bond donors (Lipinski definition) is 0. The van der Waals surface area contributed by atoms with Gasteiger partial charge in [-0.15, -0.1) is 11.3 Å². The van der Waals surface area contributed by atoms with Crippen molar-refractivity contribution in [2.24, 2.45) is 0 Å². The zero-order chi connectivity index (χ0) is 12.1. The second kappa shape index (κ2) is 6.17. The van der Waals surface area contributed by atoms with Crippen LogP contribution in [0.5, 0.6) is 0 Å². The van der Waals surface area contributed by atoms with Crippen molar-refractivity contribution in [3.63, 3.8) is 0 Å². The summed E-state index contributed by atoms with van der Waals surface area (Å²) in [6.07, 6.45) is 4.05. The molecule has 1 saturated carbocycles. The molecule has 1 fully saturated rings. The summed E-state index contributed by atoms with van der Waals surface area (Å²) in [7, 11) is 1.45. The van der Waals surface area contributed by atoms with E-state index in [2.05, 4.69) is 27.1 Å². The summed E-state index contributed by atoms with van der Waals surface area (Å²) in [6.45, 7) is 2.03. The SMILES string of the molecule is COC(=O)CCCN(Cc1cccs1)C1CC1. The van der Waals surface area contributed by atoms with E-state index in [0.29, 0.717) is 6.42 Å². The number of rotatable bonds is 7. The van der Waals surface area contributed by atoms with Gasteiger partial charge in [0.15, 0.2) is 0 Å². The first-order chi connectivity index (χ1) is 8.29. The minimum absolute atomic E-state index is 0.100. The number of thiophene rings is 1. The predicted octanol–water partition coefficient (Wildman–Crippen LogP) is 2.67. The Bertz CT molecular complexity index is 346. The van der Waals surface area contributed by atoms with Crippen molar-refractivity contribution < 1.29 is 9.53 Å². The molecule has 1 aliphatic rings. The molecule has 0 bridgehead atoms. The van der Waals surface area contributed by atoms with Gasteiger partial charge < -0.3 is 4.74 Å². The predicted molar refractivity (Wildman–Crippen MR) is 69.0 cm³/mol. The Kier molecular flexibility index (Phi) is 4.57. The second-order valence-electron chi connectivity index (χ2n) is 4.46. The molecule has 1 aromatic rings. The quantitative estimate of drug-likeness (QED) is 0.700. The Hall–Kier alpha value is -0.870. The number of esters is 1. The van der Waals surface area contributed by atoms with Gasteiger partial charge in [-0.1, -0.05) is 6.07 Å². The Morgan fingerprint density at radius 2 is 2.41 bits per heavy atom. The van der Waals surface area contributed by atoms with Crippen molar-refractivity contribution in [3.8, 4) is 0 Å². The topological polar surface area (TPSA) is 29.5 Å². The molecule has 0 atom stereocenters. The highest BCUT2D eigenvalue weighted by Crippen LogP contribution is 2.29. The average molecular weight is 253 g/mol. The van der Waals surface area contributed by atoms with Crippen molar-refractivity contribution in [2.45, 2.75) is 38.3 Å². The summed E-state index contributed by atoms with van der Waals surface area (Å²) in [5.41, 5.74) is 0. The highest BCUT2D eigenvalue weighted by atomic mass is 32.1. The molecule has 0 unspecified atom stereocenters. The molecule has 94 valence electrons. The van der Waals surface area contributed by atoms with Gasteiger partial charge in [-0.3, -0.25) is 9.69 Å². The van der Waals surface area contributed by atoms with Crippen LogP contribution in [0.2, 0.25) is 0 Å².